The summed E-state index contributed by atoms with van der Waals surface area (Å²) in [5.41, 5.74) is 0.513. The first-order valence-electron chi connectivity index (χ1n) is 8.46. The third-order valence-corrected chi connectivity index (χ3v) is 6.26. The van der Waals surface area contributed by atoms with E-state index >= 15 is 0 Å². The van der Waals surface area contributed by atoms with E-state index in [-0.39, 0.29) is 29.2 Å². The van der Waals surface area contributed by atoms with Gasteiger partial charge in [-0.05, 0) is 38.0 Å². The van der Waals surface area contributed by atoms with E-state index in [9.17, 15) is 18.0 Å². The molecule has 1 saturated heterocycles. The molecule has 2 rings (SSSR count). The predicted octanol–water partition coefficient (Wildman–Crippen LogP) is 1.53. The van der Waals surface area contributed by atoms with Crippen molar-refractivity contribution in [2.75, 3.05) is 18.1 Å². The number of rotatable bonds is 6. The molecule has 1 heterocycles. The number of benzene rings is 1. The Bertz CT molecular complexity index is 828. The van der Waals surface area contributed by atoms with Crippen LogP contribution in [0.3, 0.4) is 0 Å². The number of esters is 1. The molecule has 2 atom stereocenters. The number of ether oxygens (including phenoxy) is 1. The Hall–Kier alpha value is -2.40. The molecule has 0 aromatic heterocycles. The standard InChI is InChI=1S/C18H22N2O5S/c1-3-13(2)20(16-7-8-26(23,24)12-16)17(21)11-25-18(22)15-6-4-5-14(9-15)10-19/h4-6,9,13,16H,3,7-8,11-12H2,1-2H3/t13-,16-/m1/s1. The van der Waals surface area contributed by atoms with Gasteiger partial charge in [-0.2, -0.15) is 5.26 Å². The first kappa shape index (κ1) is 19.9. The highest BCUT2D eigenvalue weighted by Gasteiger charge is 2.36. The minimum atomic E-state index is -3.13. The van der Waals surface area contributed by atoms with E-state index in [4.69, 9.17) is 10.00 Å². The molecular weight excluding hydrogens is 356 g/mol. The van der Waals surface area contributed by atoms with Crippen molar-refractivity contribution in [3.05, 3.63) is 35.4 Å². The number of sulfone groups is 1. The first-order valence-corrected chi connectivity index (χ1v) is 10.3. The summed E-state index contributed by atoms with van der Waals surface area (Å²) in [5, 5.41) is 8.87. The van der Waals surface area contributed by atoms with Gasteiger partial charge in [-0.1, -0.05) is 13.0 Å². The molecule has 0 N–H and O–H groups in total. The monoisotopic (exact) mass is 378 g/mol. The quantitative estimate of drug-likeness (QED) is 0.695. The molecule has 1 amide bonds. The fourth-order valence-corrected chi connectivity index (χ4v) is 4.71. The molecule has 0 spiro atoms. The summed E-state index contributed by atoms with van der Waals surface area (Å²) in [7, 11) is -3.13. The van der Waals surface area contributed by atoms with E-state index in [1.807, 2.05) is 19.9 Å². The van der Waals surface area contributed by atoms with Crippen LogP contribution in [0.25, 0.3) is 0 Å². The smallest absolute Gasteiger partial charge is 0.338 e. The Balaban J connectivity index is 2.05. The zero-order valence-corrected chi connectivity index (χ0v) is 15.7. The second kappa shape index (κ2) is 8.32. The zero-order chi connectivity index (χ0) is 19.3. The van der Waals surface area contributed by atoms with Crippen LogP contribution in [0.5, 0.6) is 0 Å². The summed E-state index contributed by atoms with van der Waals surface area (Å²) < 4.78 is 28.6. The van der Waals surface area contributed by atoms with Gasteiger partial charge in [-0.3, -0.25) is 4.79 Å². The van der Waals surface area contributed by atoms with Crippen molar-refractivity contribution in [1.29, 1.82) is 5.26 Å². The number of nitrogens with zero attached hydrogens (tertiary/aromatic N) is 2. The summed E-state index contributed by atoms with van der Waals surface area (Å²) in [4.78, 5) is 26.2. The second-order valence-electron chi connectivity index (χ2n) is 6.38. The molecule has 26 heavy (non-hydrogen) atoms. The number of hydrogen-bond acceptors (Lipinski definition) is 6. The Morgan fingerprint density at radius 2 is 2.15 bits per heavy atom. The predicted molar refractivity (Wildman–Crippen MR) is 95.1 cm³/mol. The van der Waals surface area contributed by atoms with Crippen LogP contribution in [0.2, 0.25) is 0 Å². The van der Waals surface area contributed by atoms with Crippen LogP contribution in [-0.4, -0.2) is 55.4 Å². The van der Waals surface area contributed by atoms with Gasteiger partial charge < -0.3 is 9.64 Å². The molecule has 1 aliphatic rings. The topological polar surface area (TPSA) is 105 Å². The van der Waals surface area contributed by atoms with Crippen molar-refractivity contribution >= 4 is 21.7 Å². The second-order valence-corrected chi connectivity index (χ2v) is 8.61. The number of carbonyl (C=O) groups is 2. The molecule has 140 valence electrons. The van der Waals surface area contributed by atoms with E-state index < -0.39 is 28.3 Å². The fourth-order valence-electron chi connectivity index (χ4n) is 3.00. The fraction of sp³-hybridized carbons (Fsp3) is 0.500. The van der Waals surface area contributed by atoms with Crippen molar-refractivity contribution in [3.63, 3.8) is 0 Å². The Morgan fingerprint density at radius 1 is 1.42 bits per heavy atom. The molecule has 1 fully saturated rings. The molecule has 0 saturated carbocycles. The van der Waals surface area contributed by atoms with Gasteiger partial charge in [0.05, 0.1) is 28.7 Å². The molecule has 7 nitrogen and oxygen atoms in total. The minimum absolute atomic E-state index is 0.0543. The van der Waals surface area contributed by atoms with Crippen molar-refractivity contribution in [2.45, 2.75) is 38.8 Å². The van der Waals surface area contributed by atoms with Gasteiger partial charge in [0.1, 0.15) is 0 Å². The summed E-state index contributed by atoms with van der Waals surface area (Å²) in [5.74, 6) is -1.09. The molecule has 0 radical (unpaired) electrons. The highest BCUT2D eigenvalue weighted by Crippen LogP contribution is 2.21. The lowest BCUT2D eigenvalue weighted by Gasteiger charge is -2.33. The average Bonchev–Trinajstić information content (AvgIpc) is 2.98. The van der Waals surface area contributed by atoms with Gasteiger partial charge in [0, 0.05) is 12.1 Å². The summed E-state index contributed by atoms with van der Waals surface area (Å²) in [6, 6.07) is 7.41. The van der Waals surface area contributed by atoms with E-state index in [1.54, 1.807) is 12.1 Å². The minimum Gasteiger partial charge on any atom is -0.452 e. The zero-order valence-electron chi connectivity index (χ0n) is 14.8. The van der Waals surface area contributed by atoms with Crippen LogP contribution in [0, 0.1) is 11.3 Å². The van der Waals surface area contributed by atoms with E-state index in [0.717, 1.165) is 0 Å². The number of carbonyl (C=O) groups excluding carboxylic acids is 2. The Morgan fingerprint density at radius 3 is 2.73 bits per heavy atom. The van der Waals surface area contributed by atoms with Crippen molar-refractivity contribution < 1.29 is 22.7 Å². The van der Waals surface area contributed by atoms with Gasteiger partial charge in [0.2, 0.25) is 0 Å². The van der Waals surface area contributed by atoms with Gasteiger partial charge in [0.15, 0.2) is 16.4 Å². The third kappa shape index (κ3) is 4.82. The van der Waals surface area contributed by atoms with Crippen LogP contribution in [0.15, 0.2) is 24.3 Å². The lowest BCUT2D eigenvalue weighted by Crippen LogP contribution is -2.48. The van der Waals surface area contributed by atoms with Gasteiger partial charge in [-0.25, -0.2) is 13.2 Å². The van der Waals surface area contributed by atoms with Gasteiger partial charge in [-0.15, -0.1) is 0 Å². The maximum Gasteiger partial charge on any atom is 0.338 e. The summed E-state index contributed by atoms with van der Waals surface area (Å²) >= 11 is 0. The largest absolute Gasteiger partial charge is 0.452 e. The Kier molecular flexibility index (Phi) is 6.37. The number of hydrogen-bond donors (Lipinski definition) is 0. The SMILES string of the molecule is CC[C@@H](C)N(C(=O)COC(=O)c1cccc(C#N)c1)[C@@H]1CCS(=O)(=O)C1. The number of nitriles is 1. The van der Waals surface area contributed by atoms with E-state index in [0.29, 0.717) is 18.4 Å². The van der Waals surface area contributed by atoms with Crippen molar-refractivity contribution in [3.8, 4) is 6.07 Å². The normalized spacial score (nSPS) is 19.3. The number of amides is 1. The summed E-state index contributed by atoms with van der Waals surface area (Å²) in [6.45, 7) is 3.30. The van der Waals surface area contributed by atoms with Gasteiger partial charge >= 0.3 is 5.97 Å². The van der Waals surface area contributed by atoms with Crippen molar-refractivity contribution in [2.24, 2.45) is 0 Å². The molecule has 1 aromatic carbocycles. The molecule has 0 unspecified atom stereocenters. The maximum atomic E-state index is 12.6. The molecule has 0 aliphatic carbocycles. The third-order valence-electron chi connectivity index (χ3n) is 4.51. The molecule has 0 bridgehead atoms. The highest BCUT2D eigenvalue weighted by atomic mass is 32.2. The lowest BCUT2D eigenvalue weighted by atomic mass is 10.1. The molecular formula is C18H22N2O5S. The molecule has 1 aromatic rings. The summed E-state index contributed by atoms with van der Waals surface area (Å²) in [6.07, 6.45) is 1.07. The lowest BCUT2D eigenvalue weighted by molar-refractivity contribution is -0.138. The highest BCUT2D eigenvalue weighted by molar-refractivity contribution is 7.91. The van der Waals surface area contributed by atoms with E-state index in [2.05, 4.69) is 0 Å². The van der Waals surface area contributed by atoms with Crippen LogP contribution < -0.4 is 0 Å². The van der Waals surface area contributed by atoms with Crippen LogP contribution in [-0.2, 0) is 19.4 Å². The van der Waals surface area contributed by atoms with Crippen LogP contribution in [0.1, 0.15) is 42.6 Å². The van der Waals surface area contributed by atoms with Gasteiger partial charge in [0.25, 0.3) is 5.91 Å². The molecule has 1 aliphatic heterocycles. The first-order chi connectivity index (χ1) is 12.3. The van der Waals surface area contributed by atoms with Crippen molar-refractivity contribution in [1.82, 2.24) is 4.90 Å². The maximum absolute atomic E-state index is 12.6. The molecule has 8 heteroatoms. The van der Waals surface area contributed by atoms with E-state index in [1.165, 1.54) is 17.0 Å². The van der Waals surface area contributed by atoms with Crippen LogP contribution >= 0.6 is 0 Å². The Labute approximate surface area is 153 Å². The van der Waals surface area contributed by atoms with Crippen LogP contribution in [0.4, 0.5) is 0 Å². The average molecular weight is 378 g/mol.